The molecule has 168 valence electrons. The second-order valence-corrected chi connectivity index (χ2v) is 7.83. The predicted molar refractivity (Wildman–Crippen MR) is 108 cm³/mol. The van der Waals surface area contributed by atoms with Crippen molar-refractivity contribution in [2.24, 2.45) is 0 Å². The molecule has 1 saturated carbocycles. The normalized spacial score (nSPS) is 15.9. The zero-order valence-corrected chi connectivity index (χ0v) is 17.8. The molecule has 0 spiro atoms. The van der Waals surface area contributed by atoms with Crippen molar-refractivity contribution in [1.82, 2.24) is 10.2 Å². The van der Waals surface area contributed by atoms with E-state index in [0.29, 0.717) is 18.5 Å². The Morgan fingerprint density at radius 3 is 2.33 bits per heavy atom. The molecule has 0 saturated heterocycles. The summed E-state index contributed by atoms with van der Waals surface area (Å²) in [6, 6.07) is 5.99. The van der Waals surface area contributed by atoms with E-state index in [4.69, 9.17) is 0 Å². The Hall–Kier alpha value is -2.25. The molecule has 0 aromatic heterocycles. The molecule has 0 radical (unpaired) electrons. The summed E-state index contributed by atoms with van der Waals surface area (Å²) in [7, 11) is 1.31. The summed E-state index contributed by atoms with van der Waals surface area (Å²) >= 11 is 0. The molecular weight excluding hydrogens is 397 g/mol. The van der Waals surface area contributed by atoms with Gasteiger partial charge >= 0.3 is 12.3 Å². The number of ether oxygens (including phenoxy) is 1. The number of alkyl carbamates (subject to hydrolysis) is 1. The summed E-state index contributed by atoms with van der Waals surface area (Å²) in [6.45, 7) is 3.64. The highest BCUT2D eigenvalue weighted by molar-refractivity contribution is 5.95. The summed E-state index contributed by atoms with van der Waals surface area (Å²) in [5, 5.41) is 2.65. The average Bonchev–Trinajstić information content (AvgIpc) is 3.54. The van der Waals surface area contributed by atoms with E-state index in [2.05, 4.69) is 17.0 Å². The van der Waals surface area contributed by atoms with Gasteiger partial charge in [0, 0.05) is 24.2 Å². The summed E-state index contributed by atoms with van der Waals surface area (Å²) in [6.07, 6.45) is 0.283. The number of carbonyl (C=O) groups is 2. The average molecular weight is 428 g/mol. The number of carbonyl (C=O) groups excluding carboxylic acids is 2. The molecule has 8 heteroatoms. The number of alkyl halides is 3. The van der Waals surface area contributed by atoms with Crippen LogP contribution in [0.2, 0.25) is 0 Å². The van der Waals surface area contributed by atoms with Crippen LogP contribution in [-0.4, -0.2) is 48.8 Å². The van der Waals surface area contributed by atoms with Crippen LogP contribution in [0.4, 0.5) is 18.0 Å². The van der Waals surface area contributed by atoms with Crippen LogP contribution in [0.1, 0.15) is 74.2 Å². The third-order valence-electron chi connectivity index (χ3n) is 5.51. The first-order valence-corrected chi connectivity index (χ1v) is 10.5. The third kappa shape index (κ3) is 6.64. The van der Waals surface area contributed by atoms with Gasteiger partial charge in [-0.1, -0.05) is 25.5 Å². The minimum atomic E-state index is -4.31. The van der Waals surface area contributed by atoms with Crippen LogP contribution in [0.3, 0.4) is 0 Å². The fraction of sp³-hybridized carbons (Fsp3) is 0.636. The topological polar surface area (TPSA) is 58.6 Å². The maximum atomic E-state index is 13.2. The lowest BCUT2D eigenvalue weighted by Crippen LogP contribution is -2.42. The second-order valence-electron chi connectivity index (χ2n) is 7.83. The van der Waals surface area contributed by atoms with Crippen LogP contribution in [0.15, 0.2) is 24.3 Å². The van der Waals surface area contributed by atoms with Crippen molar-refractivity contribution in [3.05, 3.63) is 35.4 Å². The van der Waals surface area contributed by atoms with Crippen LogP contribution in [-0.2, 0) is 4.74 Å². The Labute approximate surface area is 176 Å². The number of hydrogen-bond donors (Lipinski definition) is 1. The van der Waals surface area contributed by atoms with Gasteiger partial charge in [0.1, 0.15) is 0 Å². The Bertz CT molecular complexity index is 703. The van der Waals surface area contributed by atoms with Crippen molar-refractivity contribution in [3.8, 4) is 0 Å². The Morgan fingerprint density at radius 2 is 1.83 bits per heavy atom. The summed E-state index contributed by atoms with van der Waals surface area (Å²) < 4.78 is 43.4. The van der Waals surface area contributed by atoms with Gasteiger partial charge in [-0.15, -0.1) is 0 Å². The molecule has 5 nitrogen and oxygen atoms in total. The lowest BCUT2D eigenvalue weighted by molar-refractivity contribution is -0.146. The molecule has 2 unspecified atom stereocenters. The summed E-state index contributed by atoms with van der Waals surface area (Å²) in [5.41, 5.74) is 0.560. The number of amides is 2. The van der Waals surface area contributed by atoms with Crippen molar-refractivity contribution < 1.29 is 27.5 Å². The molecule has 2 atom stereocenters. The minimum absolute atomic E-state index is 0.0308. The van der Waals surface area contributed by atoms with Gasteiger partial charge in [-0.2, -0.15) is 13.2 Å². The van der Waals surface area contributed by atoms with Crippen LogP contribution < -0.4 is 5.32 Å². The van der Waals surface area contributed by atoms with Crippen LogP contribution in [0.25, 0.3) is 0 Å². The lowest BCUT2D eigenvalue weighted by Gasteiger charge is -2.32. The van der Waals surface area contributed by atoms with Gasteiger partial charge in [0.25, 0.3) is 5.91 Å². The summed E-state index contributed by atoms with van der Waals surface area (Å²) in [4.78, 5) is 26.3. The van der Waals surface area contributed by atoms with Crippen molar-refractivity contribution in [3.63, 3.8) is 0 Å². The number of rotatable bonds is 10. The fourth-order valence-electron chi connectivity index (χ4n) is 3.59. The molecule has 1 aliphatic carbocycles. The first-order valence-electron chi connectivity index (χ1n) is 10.5. The largest absolute Gasteiger partial charge is 0.453 e. The maximum Gasteiger partial charge on any atom is 0.406 e. The smallest absolute Gasteiger partial charge is 0.406 e. The van der Waals surface area contributed by atoms with Crippen LogP contribution in [0.5, 0.6) is 0 Å². The van der Waals surface area contributed by atoms with Crippen molar-refractivity contribution >= 4 is 12.0 Å². The zero-order chi connectivity index (χ0) is 22.3. The molecule has 30 heavy (non-hydrogen) atoms. The molecule has 1 fully saturated rings. The van der Waals surface area contributed by atoms with Gasteiger partial charge in [0.2, 0.25) is 0 Å². The van der Waals surface area contributed by atoms with Gasteiger partial charge in [0.05, 0.1) is 13.0 Å². The van der Waals surface area contributed by atoms with E-state index >= 15 is 0 Å². The molecular formula is C22H31F3N2O3. The molecule has 1 aromatic carbocycles. The number of nitrogens with zero attached hydrogens (tertiary/aromatic N) is 1. The SMILES string of the molecule is CCCC(CCCNC(=O)OC)N(C(=O)c1ccc(C(C)C(F)(F)F)cc1)C1CC1. The van der Waals surface area contributed by atoms with E-state index < -0.39 is 18.2 Å². The minimum Gasteiger partial charge on any atom is -0.453 e. The van der Waals surface area contributed by atoms with Crippen molar-refractivity contribution in [2.45, 2.75) is 76.6 Å². The molecule has 1 aromatic rings. The Balaban J connectivity index is 2.09. The molecule has 0 bridgehead atoms. The molecule has 0 heterocycles. The highest BCUT2D eigenvalue weighted by Gasteiger charge is 2.38. The first kappa shape index (κ1) is 24.0. The highest BCUT2D eigenvalue weighted by Crippen LogP contribution is 2.35. The first-order chi connectivity index (χ1) is 14.2. The monoisotopic (exact) mass is 428 g/mol. The quantitative estimate of drug-likeness (QED) is 0.517. The Morgan fingerprint density at radius 1 is 1.20 bits per heavy atom. The predicted octanol–water partition coefficient (Wildman–Crippen LogP) is 5.26. The van der Waals surface area contributed by atoms with E-state index in [1.807, 2.05) is 4.90 Å². The number of hydrogen-bond acceptors (Lipinski definition) is 3. The number of nitrogens with one attached hydrogen (secondary N) is 1. The number of halogens is 3. The molecule has 0 aliphatic heterocycles. The number of methoxy groups -OCH3 is 1. The molecule has 1 N–H and O–H groups in total. The van der Waals surface area contributed by atoms with E-state index in [9.17, 15) is 22.8 Å². The van der Waals surface area contributed by atoms with Gasteiger partial charge < -0.3 is 15.0 Å². The van der Waals surface area contributed by atoms with Gasteiger partial charge in [0.15, 0.2) is 0 Å². The Kier molecular flexibility index (Phi) is 8.55. The van der Waals surface area contributed by atoms with E-state index in [1.165, 1.54) is 31.4 Å². The number of benzene rings is 1. The standard InChI is InChI=1S/C22H31F3N2O3/c1-4-6-18(7-5-14-26-21(29)30-3)27(19-12-13-19)20(28)17-10-8-16(9-11-17)15(2)22(23,24)25/h8-11,15,18-19H,4-7,12-14H2,1-3H3,(H,26,29). The second kappa shape index (κ2) is 10.7. The van der Waals surface area contributed by atoms with Gasteiger partial charge in [-0.25, -0.2) is 4.79 Å². The van der Waals surface area contributed by atoms with Gasteiger partial charge in [-0.3, -0.25) is 4.79 Å². The third-order valence-corrected chi connectivity index (χ3v) is 5.51. The highest BCUT2D eigenvalue weighted by atomic mass is 19.4. The van der Waals surface area contributed by atoms with Crippen LogP contribution in [0, 0.1) is 0 Å². The molecule has 2 amide bonds. The van der Waals surface area contributed by atoms with E-state index in [0.717, 1.165) is 39.0 Å². The van der Waals surface area contributed by atoms with Crippen LogP contribution >= 0.6 is 0 Å². The molecule has 2 rings (SSSR count). The fourth-order valence-corrected chi connectivity index (χ4v) is 3.59. The van der Waals surface area contributed by atoms with E-state index in [1.54, 1.807) is 0 Å². The summed E-state index contributed by atoms with van der Waals surface area (Å²) in [5.74, 6) is -1.71. The van der Waals surface area contributed by atoms with Crippen molar-refractivity contribution in [2.75, 3.05) is 13.7 Å². The maximum absolute atomic E-state index is 13.2. The van der Waals surface area contributed by atoms with Crippen molar-refractivity contribution in [1.29, 1.82) is 0 Å². The van der Waals surface area contributed by atoms with Gasteiger partial charge in [-0.05, 0) is 56.7 Å². The van der Waals surface area contributed by atoms with E-state index in [-0.39, 0.29) is 23.6 Å². The zero-order valence-electron chi connectivity index (χ0n) is 17.8. The lowest BCUT2D eigenvalue weighted by atomic mass is 9.98. The molecule has 1 aliphatic rings.